The summed E-state index contributed by atoms with van der Waals surface area (Å²) in [4.78, 5) is 46.7. The van der Waals surface area contributed by atoms with E-state index in [1.807, 2.05) is 0 Å². The lowest BCUT2D eigenvalue weighted by molar-refractivity contribution is -0.117. The van der Waals surface area contributed by atoms with Crippen molar-refractivity contribution in [3.8, 4) is 17.1 Å². The lowest BCUT2D eigenvalue weighted by atomic mass is 10.0. The first-order valence-electron chi connectivity index (χ1n) is 15.5. The van der Waals surface area contributed by atoms with E-state index in [-0.39, 0.29) is 47.3 Å². The molecule has 0 saturated heterocycles. The molecular weight excluding hydrogens is 622 g/mol. The van der Waals surface area contributed by atoms with Crippen LogP contribution < -0.4 is 15.4 Å². The van der Waals surface area contributed by atoms with Gasteiger partial charge in [-0.1, -0.05) is 54.6 Å². The number of hydrogen-bond donors (Lipinski definition) is 2. The normalized spacial score (nSPS) is 17.1. The van der Waals surface area contributed by atoms with Crippen molar-refractivity contribution < 1.29 is 32.6 Å². The van der Waals surface area contributed by atoms with Crippen LogP contribution in [0.3, 0.4) is 0 Å². The summed E-state index contributed by atoms with van der Waals surface area (Å²) in [6.07, 6.45) is -2.05. The van der Waals surface area contributed by atoms with Crippen molar-refractivity contribution in [2.24, 2.45) is 4.99 Å². The minimum absolute atomic E-state index is 0.00935. The first-order chi connectivity index (χ1) is 22.9. The van der Waals surface area contributed by atoms with E-state index >= 15 is 4.39 Å². The number of likely N-dealkylation sites (N-methyl/N-ethyl adjacent to an activating group) is 1. The van der Waals surface area contributed by atoms with Crippen molar-refractivity contribution >= 4 is 29.3 Å². The Morgan fingerprint density at radius 3 is 2.42 bits per heavy atom. The van der Waals surface area contributed by atoms with E-state index < -0.39 is 47.4 Å². The predicted octanol–water partition coefficient (Wildman–Crippen LogP) is 5.39. The monoisotopic (exact) mass is 656 g/mol. The zero-order valence-electron chi connectivity index (χ0n) is 26.8. The van der Waals surface area contributed by atoms with Crippen molar-refractivity contribution in [1.82, 2.24) is 20.0 Å². The van der Waals surface area contributed by atoms with Crippen molar-refractivity contribution in [1.29, 1.82) is 0 Å². The number of aliphatic imine (C=N–C) groups is 1. The second kappa shape index (κ2) is 12.9. The zero-order chi connectivity index (χ0) is 34.2. The van der Waals surface area contributed by atoms with Gasteiger partial charge in [-0.05, 0) is 45.9 Å². The lowest BCUT2D eigenvalue weighted by Gasteiger charge is -2.35. The Balaban J connectivity index is 1.38. The molecule has 248 valence electrons. The third-order valence-corrected chi connectivity index (χ3v) is 7.81. The van der Waals surface area contributed by atoms with Crippen LogP contribution >= 0.6 is 0 Å². The number of carbonyl (C=O) groups excluding carboxylic acids is 3. The van der Waals surface area contributed by atoms with Gasteiger partial charge in [0, 0.05) is 23.2 Å². The number of halogens is 2. The molecule has 48 heavy (non-hydrogen) atoms. The maximum atomic E-state index is 15.2. The Hall–Kier alpha value is -5.59. The van der Waals surface area contributed by atoms with Gasteiger partial charge in [-0.3, -0.25) is 9.59 Å². The van der Waals surface area contributed by atoms with Crippen LogP contribution in [0.25, 0.3) is 11.3 Å². The van der Waals surface area contributed by atoms with Gasteiger partial charge in [0.25, 0.3) is 11.8 Å². The molecule has 1 aromatic heterocycles. The molecule has 0 spiro atoms. The molecule has 2 aliphatic rings. The third kappa shape index (κ3) is 6.35. The predicted molar refractivity (Wildman–Crippen MR) is 174 cm³/mol. The summed E-state index contributed by atoms with van der Waals surface area (Å²) < 4.78 is 43.2. The first kappa shape index (κ1) is 32.4. The molecule has 0 radical (unpaired) electrons. The number of amides is 3. The van der Waals surface area contributed by atoms with E-state index in [0.29, 0.717) is 17.7 Å². The van der Waals surface area contributed by atoms with Crippen molar-refractivity contribution in [2.45, 2.75) is 52.0 Å². The Labute approximate surface area is 275 Å². The van der Waals surface area contributed by atoms with Gasteiger partial charge < -0.3 is 25.0 Å². The molecule has 0 saturated carbocycles. The molecule has 3 amide bonds. The van der Waals surface area contributed by atoms with Gasteiger partial charge >= 0.3 is 6.09 Å². The fourth-order valence-electron chi connectivity index (χ4n) is 5.65. The highest BCUT2D eigenvalue weighted by molar-refractivity contribution is 6.20. The summed E-state index contributed by atoms with van der Waals surface area (Å²) in [5, 5.41) is 9.76. The van der Waals surface area contributed by atoms with Crippen LogP contribution in [-0.2, 0) is 16.1 Å². The smallest absolute Gasteiger partial charge is 0.410 e. The van der Waals surface area contributed by atoms with E-state index in [9.17, 15) is 18.8 Å². The van der Waals surface area contributed by atoms with Gasteiger partial charge in [0.15, 0.2) is 0 Å². The minimum atomic E-state index is -1.51. The first-order valence-corrected chi connectivity index (χ1v) is 15.5. The number of nitrogens with one attached hydrogen (secondary N) is 2. The summed E-state index contributed by atoms with van der Waals surface area (Å²) in [7, 11) is 0. The Morgan fingerprint density at radius 1 is 1.02 bits per heavy atom. The molecule has 3 heterocycles. The number of rotatable bonds is 6. The fourth-order valence-corrected chi connectivity index (χ4v) is 5.65. The molecule has 3 aromatic carbocycles. The number of hydrogen-bond acceptors (Lipinski definition) is 7. The fraction of sp³-hybridized carbons (Fsp3) is 0.286. The quantitative estimate of drug-likeness (QED) is 0.287. The molecular formula is C35H34F2N6O5. The highest BCUT2D eigenvalue weighted by Gasteiger charge is 2.38. The molecule has 0 bridgehead atoms. The number of carbonyl (C=O) groups is 3. The lowest BCUT2D eigenvalue weighted by Crippen LogP contribution is -2.50. The molecule has 2 N–H and O–H groups in total. The molecule has 11 nitrogen and oxygen atoms in total. The zero-order valence-corrected chi connectivity index (χ0v) is 26.8. The van der Waals surface area contributed by atoms with E-state index in [1.165, 1.54) is 39.9 Å². The summed E-state index contributed by atoms with van der Waals surface area (Å²) in [6, 6.07) is 18.5. The summed E-state index contributed by atoms with van der Waals surface area (Å²) >= 11 is 0. The van der Waals surface area contributed by atoms with Crippen LogP contribution in [0.2, 0.25) is 0 Å². The molecule has 6 rings (SSSR count). The second-order valence-electron chi connectivity index (χ2n) is 12.3. The topological polar surface area (TPSA) is 127 Å². The average Bonchev–Trinajstić information content (AvgIpc) is 3.36. The number of para-hydroxylation sites is 1. The Kier molecular flexibility index (Phi) is 8.69. The van der Waals surface area contributed by atoms with Crippen molar-refractivity contribution in [3.63, 3.8) is 0 Å². The summed E-state index contributed by atoms with van der Waals surface area (Å²) in [5.74, 6) is -2.89. The number of nitrogens with zero attached hydrogens (tertiary/aromatic N) is 4. The third-order valence-electron chi connectivity index (χ3n) is 7.81. The summed E-state index contributed by atoms with van der Waals surface area (Å²) in [6.45, 7) is 7.53. The molecule has 13 heteroatoms. The number of benzodiazepines with no additional fused rings is 1. The molecule has 0 fully saturated rings. The SMILES string of the molecule is CCN(C(=O)OC(C)(C)C)C1COc2c(C(=O)N[C@H]3N=C(c4ccccc4)c4cccc(F)c4NC3=O)c(-c3ccccc3F)nn2C1. The highest BCUT2D eigenvalue weighted by Crippen LogP contribution is 2.35. The van der Waals surface area contributed by atoms with E-state index in [1.54, 1.807) is 70.2 Å². The van der Waals surface area contributed by atoms with Crippen LogP contribution in [0.5, 0.6) is 5.88 Å². The van der Waals surface area contributed by atoms with Crippen LogP contribution in [0.4, 0.5) is 19.3 Å². The number of aromatic nitrogens is 2. The number of ether oxygens (including phenoxy) is 2. The highest BCUT2D eigenvalue weighted by atomic mass is 19.1. The Bertz CT molecular complexity index is 1920. The van der Waals surface area contributed by atoms with Gasteiger partial charge in [0.2, 0.25) is 12.0 Å². The van der Waals surface area contributed by atoms with Gasteiger partial charge in [-0.15, -0.1) is 0 Å². The van der Waals surface area contributed by atoms with Crippen LogP contribution in [-0.4, -0.2) is 69.3 Å². The number of benzene rings is 3. The van der Waals surface area contributed by atoms with Crippen molar-refractivity contribution in [2.75, 3.05) is 18.5 Å². The average molecular weight is 657 g/mol. The van der Waals surface area contributed by atoms with Gasteiger partial charge in [-0.2, -0.15) is 5.10 Å². The van der Waals surface area contributed by atoms with Gasteiger partial charge in [-0.25, -0.2) is 23.2 Å². The maximum absolute atomic E-state index is 15.2. The van der Waals surface area contributed by atoms with Gasteiger partial charge in [0.1, 0.15) is 35.1 Å². The molecule has 2 atom stereocenters. The number of fused-ring (bicyclic) bond motifs is 2. The maximum Gasteiger partial charge on any atom is 0.410 e. The molecule has 2 aliphatic heterocycles. The molecule has 0 aliphatic carbocycles. The standard InChI is InChI=1S/C35H34F2N6O5/c1-5-42(34(46)48-35(2,3)4)21-18-43-33(47-19-21)26(29(41-43)22-14-9-10-16-24(22)36)31(44)40-30-32(45)39-28-23(15-11-17-25(28)37)27(38-30)20-12-7-6-8-13-20/h6-17,21,30H,5,18-19H2,1-4H3,(H,39,45)(H,40,44)/t21?,30-/m1/s1. The largest absolute Gasteiger partial charge is 0.475 e. The Morgan fingerprint density at radius 2 is 1.71 bits per heavy atom. The van der Waals surface area contributed by atoms with E-state index in [2.05, 4.69) is 20.7 Å². The van der Waals surface area contributed by atoms with Crippen LogP contribution in [0, 0.1) is 11.6 Å². The summed E-state index contributed by atoms with van der Waals surface area (Å²) in [5.41, 5.74) is 0.278. The van der Waals surface area contributed by atoms with Crippen LogP contribution in [0.1, 0.15) is 49.2 Å². The number of anilines is 1. The second-order valence-corrected chi connectivity index (χ2v) is 12.3. The van der Waals surface area contributed by atoms with Crippen molar-refractivity contribution in [3.05, 3.63) is 101 Å². The minimum Gasteiger partial charge on any atom is -0.475 e. The van der Waals surface area contributed by atoms with E-state index in [4.69, 9.17) is 9.47 Å². The molecule has 1 unspecified atom stereocenters. The van der Waals surface area contributed by atoms with Gasteiger partial charge in [0.05, 0.1) is 24.0 Å². The van der Waals surface area contributed by atoms with Crippen LogP contribution in [0.15, 0.2) is 77.8 Å². The molecule has 4 aromatic rings. The van der Waals surface area contributed by atoms with E-state index in [0.717, 1.165) is 0 Å².